The molecule has 0 aromatic heterocycles. The number of anilines is 3. The number of carbonyl (C=O) groups is 3. The minimum absolute atomic E-state index is 0.168. The van der Waals surface area contributed by atoms with Gasteiger partial charge in [-0.3, -0.25) is 19.3 Å². The van der Waals surface area contributed by atoms with Crippen molar-refractivity contribution >= 4 is 46.4 Å². The first-order valence-corrected chi connectivity index (χ1v) is 8.73. The summed E-state index contributed by atoms with van der Waals surface area (Å²) < 4.78 is 10.5. The number of nitrogens with one attached hydrogen (secondary N) is 2. The number of carbonyl (C=O) groups excluding carboxylic acids is 3. The summed E-state index contributed by atoms with van der Waals surface area (Å²) in [6, 6.07) is 9.70. The standard InChI is InChI=1S/C19H18ClN3O5/c1-11(24)21-14-5-4-13(27-2)8-15(14)22-18(25)9-23-16-7-12(20)3-6-17(16)28-10-19(23)26/h3-8H,9-10H2,1-2H3,(H,21,24)(H,22,25). The van der Waals surface area contributed by atoms with Gasteiger partial charge in [0.1, 0.15) is 18.0 Å². The lowest BCUT2D eigenvalue weighted by molar-refractivity contribution is -0.123. The van der Waals surface area contributed by atoms with Crippen LogP contribution >= 0.6 is 11.6 Å². The highest BCUT2D eigenvalue weighted by atomic mass is 35.5. The summed E-state index contributed by atoms with van der Waals surface area (Å²) in [7, 11) is 1.49. The van der Waals surface area contributed by atoms with Crippen LogP contribution in [-0.4, -0.2) is 38.0 Å². The Morgan fingerprint density at radius 1 is 1.18 bits per heavy atom. The fourth-order valence-corrected chi connectivity index (χ4v) is 2.90. The van der Waals surface area contributed by atoms with Gasteiger partial charge in [0.05, 0.1) is 24.2 Å². The Balaban J connectivity index is 1.82. The number of amides is 3. The van der Waals surface area contributed by atoms with Crippen molar-refractivity contribution in [3.63, 3.8) is 0 Å². The van der Waals surface area contributed by atoms with E-state index in [0.29, 0.717) is 33.6 Å². The SMILES string of the molecule is COc1ccc(NC(C)=O)c(NC(=O)CN2C(=O)COc3ccc(Cl)cc32)c1. The molecule has 0 spiro atoms. The summed E-state index contributed by atoms with van der Waals surface area (Å²) in [5.41, 5.74) is 1.19. The average molecular weight is 404 g/mol. The van der Waals surface area contributed by atoms with Gasteiger partial charge in [0.15, 0.2) is 6.61 Å². The van der Waals surface area contributed by atoms with E-state index in [-0.39, 0.29) is 25.0 Å². The van der Waals surface area contributed by atoms with E-state index < -0.39 is 5.91 Å². The van der Waals surface area contributed by atoms with Crippen LogP contribution in [0.25, 0.3) is 0 Å². The van der Waals surface area contributed by atoms with Crippen LogP contribution in [0.3, 0.4) is 0 Å². The fourth-order valence-electron chi connectivity index (χ4n) is 2.73. The molecule has 2 N–H and O–H groups in total. The minimum atomic E-state index is -0.457. The van der Waals surface area contributed by atoms with Crippen LogP contribution in [0.5, 0.6) is 11.5 Å². The van der Waals surface area contributed by atoms with E-state index in [4.69, 9.17) is 21.1 Å². The van der Waals surface area contributed by atoms with E-state index in [2.05, 4.69) is 10.6 Å². The molecule has 0 saturated carbocycles. The Bertz CT molecular complexity index is 947. The molecule has 28 heavy (non-hydrogen) atoms. The first kappa shape index (κ1) is 19.5. The molecule has 0 unspecified atom stereocenters. The molecule has 1 aliphatic heterocycles. The van der Waals surface area contributed by atoms with Crippen molar-refractivity contribution in [1.29, 1.82) is 0 Å². The number of hydrogen-bond acceptors (Lipinski definition) is 5. The molecule has 0 saturated heterocycles. The normalized spacial score (nSPS) is 12.7. The van der Waals surface area contributed by atoms with Gasteiger partial charge >= 0.3 is 0 Å². The predicted molar refractivity (Wildman–Crippen MR) is 105 cm³/mol. The third-order valence-corrected chi connectivity index (χ3v) is 4.21. The number of fused-ring (bicyclic) bond motifs is 1. The number of halogens is 1. The molecular formula is C19H18ClN3O5. The van der Waals surface area contributed by atoms with E-state index in [0.717, 1.165) is 0 Å². The first-order chi connectivity index (χ1) is 13.4. The lowest BCUT2D eigenvalue weighted by atomic mass is 10.2. The predicted octanol–water partition coefficient (Wildman–Crippen LogP) is 2.67. The molecule has 0 aliphatic carbocycles. The summed E-state index contributed by atoms with van der Waals surface area (Å²) in [6.07, 6.45) is 0. The van der Waals surface area contributed by atoms with Crippen molar-refractivity contribution in [2.45, 2.75) is 6.92 Å². The summed E-state index contributed by atoms with van der Waals surface area (Å²) in [5, 5.41) is 5.76. The molecule has 0 fully saturated rings. The van der Waals surface area contributed by atoms with Crippen LogP contribution in [0.4, 0.5) is 17.1 Å². The van der Waals surface area contributed by atoms with Gasteiger partial charge in [0.2, 0.25) is 11.8 Å². The molecule has 146 valence electrons. The molecule has 1 heterocycles. The first-order valence-electron chi connectivity index (χ1n) is 8.35. The lowest BCUT2D eigenvalue weighted by Gasteiger charge is -2.29. The molecule has 9 heteroatoms. The van der Waals surface area contributed by atoms with Crippen molar-refractivity contribution < 1.29 is 23.9 Å². The maximum atomic E-state index is 12.6. The van der Waals surface area contributed by atoms with Gasteiger partial charge < -0.3 is 20.1 Å². The Hall–Kier alpha value is -3.26. The molecule has 1 aliphatic rings. The van der Waals surface area contributed by atoms with Crippen LogP contribution < -0.4 is 25.0 Å². The lowest BCUT2D eigenvalue weighted by Crippen LogP contribution is -2.43. The van der Waals surface area contributed by atoms with Gasteiger partial charge in [-0.1, -0.05) is 11.6 Å². The molecule has 3 amide bonds. The number of ether oxygens (including phenoxy) is 2. The molecular weight excluding hydrogens is 386 g/mol. The largest absolute Gasteiger partial charge is 0.497 e. The maximum absolute atomic E-state index is 12.6. The van der Waals surface area contributed by atoms with Gasteiger partial charge in [-0.15, -0.1) is 0 Å². The maximum Gasteiger partial charge on any atom is 0.265 e. The highest BCUT2D eigenvalue weighted by molar-refractivity contribution is 6.31. The smallest absolute Gasteiger partial charge is 0.265 e. The zero-order valence-electron chi connectivity index (χ0n) is 15.2. The molecule has 8 nitrogen and oxygen atoms in total. The van der Waals surface area contributed by atoms with Gasteiger partial charge in [-0.05, 0) is 30.3 Å². The second-order valence-corrected chi connectivity index (χ2v) is 6.46. The number of hydrogen-bond donors (Lipinski definition) is 2. The summed E-state index contributed by atoms with van der Waals surface area (Å²) in [5.74, 6) is -0.132. The van der Waals surface area contributed by atoms with E-state index in [1.807, 2.05) is 0 Å². The highest BCUT2D eigenvalue weighted by Gasteiger charge is 2.27. The molecule has 0 bridgehead atoms. The van der Waals surface area contributed by atoms with Crippen molar-refractivity contribution in [2.24, 2.45) is 0 Å². The third-order valence-electron chi connectivity index (χ3n) is 3.98. The number of rotatable bonds is 5. The summed E-state index contributed by atoms with van der Waals surface area (Å²) in [6.45, 7) is 0.952. The van der Waals surface area contributed by atoms with Crippen LogP contribution in [0.1, 0.15) is 6.92 Å². The summed E-state index contributed by atoms with van der Waals surface area (Å²) >= 11 is 6.01. The van der Waals surface area contributed by atoms with E-state index >= 15 is 0 Å². The number of benzene rings is 2. The Morgan fingerprint density at radius 2 is 1.96 bits per heavy atom. The Morgan fingerprint density at radius 3 is 2.68 bits per heavy atom. The highest BCUT2D eigenvalue weighted by Crippen LogP contribution is 2.34. The van der Waals surface area contributed by atoms with Gasteiger partial charge in [0.25, 0.3) is 5.91 Å². The quantitative estimate of drug-likeness (QED) is 0.800. The topological polar surface area (TPSA) is 97.0 Å². The second-order valence-electron chi connectivity index (χ2n) is 6.02. The molecule has 0 radical (unpaired) electrons. The minimum Gasteiger partial charge on any atom is -0.497 e. The van der Waals surface area contributed by atoms with Crippen LogP contribution in [0.15, 0.2) is 36.4 Å². The number of methoxy groups -OCH3 is 1. The van der Waals surface area contributed by atoms with Crippen LogP contribution in [0, 0.1) is 0 Å². The van der Waals surface area contributed by atoms with Crippen molar-refractivity contribution in [3.05, 3.63) is 41.4 Å². The average Bonchev–Trinajstić information content (AvgIpc) is 2.65. The van der Waals surface area contributed by atoms with E-state index in [9.17, 15) is 14.4 Å². The number of nitrogens with zero attached hydrogens (tertiary/aromatic N) is 1. The van der Waals surface area contributed by atoms with Crippen molar-refractivity contribution in [1.82, 2.24) is 0 Å². The molecule has 2 aromatic carbocycles. The van der Waals surface area contributed by atoms with Crippen LogP contribution in [-0.2, 0) is 14.4 Å². The molecule has 0 atom stereocenters. The van der Waals surface area contributed by atoms with Gasteiger partial charge in [-0.2, -0.15) is 0 Å². The zero-order valence-corrected chi connectivity index (χ0v) is 16.0. The van der Waals surface area contributed by atoms with Crippen molar-refractivity contribution in [2.75, 3.05) is 35.8 Å². The third kappa shape index (κ3) is 4.34. The zero-order chi connectivity index (χ0) is 20.3. The molecule has 3 rings (SSSR count). The van der Waals surface area contributed by atoms with Crippen molar-refractivity contribution in [3.8, 4) is 11.5 Å². The van der Waals surface area contributed by atoms with E-state index in [1.165, 1.54) is 18.9 Å². The van der Waals surface area contributed by atoms with E-state index in [1.54, 1.807) is 36.4 Å². The Labute approximate surface area is 166 Å². The second kappa shape index (κ2) is 8.18. The van der Waals surface area contributed by atoms with Gasteiger partial charge in [0, 0.05) is 18.0 Å². The molecule has 2 aromatic rings. The Kier molecular flexibility index (Phi) is 5.70. The van der Waals surface area contributed by atoms with Crippen LogP contribution in [0.2, 0.25) is 5.02 Å². The summed E-state index contributed by atoms with van der Waals surface area (Å²) in [4.78, 5) is 37.6. The van der Waals surface area contributed by atoms with Gasteiger partial charge in [-0.25, -0.2) is 0 Å². The monoisotopic (exact) mass is 403 g/mol. The fraction of sp³-hybridized carbons (Fsp3) is 0.211.